The van der Waals surface area contributed by atoms with Crippen LogP contribution in [-0.4, -0.2) is 24.9 Å². The first-order valence-corrected chi connectivity index (χ1v) is 6.12. The van der Waals surface area contributed by atoms with Gasteiger partial charge in [0.1, 0.15) is 0 Å². The second kappa shape index (κ2) is 5.07. The van der Waals surface area contributed by atoms with Gasteiger partial charge in [0.15, 0.2) is 5.66 Å². The van der Waals surface area contributed by atoms with Crippen LogP contribution >= 0.6 is 11.6 Å². The molecule has 1 saturated heterocycles. The summed E-state index contributed by atoms with van der Waals surface area (Å²) in [6.07, 6.45) is -3.79. The Morgan fingerprint density at radius 1 is 1.11 bits per heavy atom. The average molecular weight is 279 g/mol. The molecule has 18 heavy (non-hydrogen) atoms. The minimum Gasteiger partial charge on any atom is -0.291 e. The molecule has 1 aromatic rings. The van der Waals surface area contributed by atoms with Crippen molar-refractivity contribution >= 4 is 11.6 Å². The van der Waals surface area contributed by atoms with Crippen LogP contribution in [0.4, 0.5) is 13.2 Å². The summed E-state index contributed by atoms with van der Waals surface area (Å²) in [6.45, 7) is 0.722. The van der Waals surface area contributed by atoms with Crippen LogP contribution in [0.5, 0.6) is 0 Å². The number of halogens is 4. The lowest BCUT2D eigenvalue weighted by Crippen LogP contribution is -2.70. The van der Waals surface area contributed by atoms with Gasteiger partial charge in [-0.1, -0.05) is 23.7 Å². The van der Waals surface area contributed by atoms with Crippen molar-refractivity contribution in [3.05, 3.63) is 34.9 Å². The van der Waals surface area contributed by atoms with Crippen LogP contribution in [0.15, 0.2) is 24.3 Å². The first-order valence-electron chi connectivity index (χ1n) is 5.74. The minimum atomic E-state index is -4.34. The molecule has 2 nitrogen and oxygen atoms in total. The number of alkyl halides is 3. The molecule has 0 spiro atoms. The van der Waals surface area contributed by atoms with Crippen LogP contribution in [0.1, 0.15) is 12.0 Å². The van der Waals surface area contributed by atoms with Crippen molar-refractivity contribution < 1.29 is 13.2 Å². The molecule has 100 valence electrons. The van der Waals surface area contributed by atoms with E-state index < -0.39 is 11.8 Å². The molecule has 0 amide bonds. The van der Waals surface area contributed by atoms with E-state index in [9.17, 15) is 13.2 Å². The Hall–Kier alpha value is -0.780. The molecule has 1 aliphatic rings. The summed E-state index contributed by atoms with van der Waals surface area (Å²) in [5.41, 5.74) is -1.43. The topological polar surface area (TPSA) is 24.1 Å². The summed E-state index contributed by atoms with van der Waals surface area (Å²) in [7, 11) is 0. The maximum absolute atomic E-state index is 13.2. The van der Waals surface area contributed by atoms with E-state index in [4.69, 9.17) is 11.6 Å². The number of hydrogen-bond acceptors (Lipinski definition) is 2. The van der Waals surface area contributed by atoms with Gasteiger partial charge in [0, 0.05) is 11.4 Å². The highest BCUT2D eigenvalue weighted by atomic mass is 35.5. The Balaban J connectivity index is 2.22. The lowest BCUT2D eigenvalue weighted by molar-refractivity contribution is -0.210. The molecule has 0 aromatic heterocycles. The van der Waals surface area contributed by atoms with Crippen LogP contribution in [-0.2, 0) is 6.42 Å². The van der Waals surface area contributed by atoms with Gasteiger partial charge in [0.2, 0.25) is 0 Å². The van der Waals surface area contributed by atoms with E-state index in [1.165, 1.54) is 0 Å². The molecule has 0 bridgehead atoms. The molecular weight excluding hydrogens is 265 g/mol. The van der Waals surface area contributed by atoms with Crippen molar-refractivity contribution in [2.75, 3.05) is 13.1 Å². The largest absolute Gasteiger partial charge is 0.420 e. The molecule has 0 aliphatic carbocycles. The van der Waals surface area contributed by atoms with E-state index in [0.717, 1.165) is 0 Å². The Bertz CT molecular complexity index is 397. The van der Waals surface area contributed by atoms with Crippen molar-refractivity contribution in [2.24, 2.45) is 0 Å². The second-order valence-corrected chi connectivity index (χ2v) is 4.85. The van der Waals surface area contributed by atoms with E-state index in [2.05, 4.69) is 10.6 Å². The van der Waals surface area contributed by atoms with Crippen LogP contribution in [0, 0.1) is 0 Å². The third-order valence-corrected chi connectivity index (χ3v) is 3.33. The molecule has 6 heteroatoms. The summed E-state index contributed by atoms with van der Waals surface area (Å²) < 4.78 is 39.6. The summed E-state index contributed by atoms with van der Waals surface area (Å²) >= 11 is 5.73. The van der Waals surface area contributed by atoms with Gasteiger partial charge in [0.25, 0.3) is 0 Å². The molecular formula is C12H14ClF3N2. The number of hydrogen-bond donors (Lipinski definition) is 2. The van der Waals surface area contributed by atoms with Crippen LogP contribution in [0.3, 0.4) is 0 Å². The lowest BCUT2D eigenvalue weighted by Gasteiger charge is -2.40. The molecule has 1 fully saturated rings. The van der Waals surface area contributed by atoms with Crippen molar-refractivity contribution in [1.82, 2.24) is 10.6 Å². The third kappa shape index (κ3) is 2.79. The Morgan fingerprint density at radius 3 is 2.17 bits per heavy atom. The highest BCUT2D eigenvalue weighted by Gasteiger charge is 2.55. The lowest BCUT2D eigenvalue weighted by atomic mass is 9.96. The van der Waals surface area contributed by atoms with Gasteiger partial charge in [-0.2, -0.15) is 13.2 Å². The van der Waals surface area contributed by atoms with Crippen LogP contribution in [0.25, 0.3) is 0 Å². The fraction of sp³-hybridized carbons (Fsp3) is 0.500. The molecule has 2 N–H and O–H groups in total. The summed E-state index contributed by atoms with van der Waals surface area (Å²) in [4.78, 5) is 0. The third-order valence-electron chi connectivity index (χ3n) is 3.07. The zero-order valence-electron chi connectivity index (χ0n) is 9.65. The maximum atomic E-state index is 13.2. The minimum absolute atomic E-state index is 0.145. The first kappa shape index (κ1) is 13.6. The van der Waals surface area contributed by atoms with Crippen LogP contribution < -0.4 is 10.6 Å². The highest BCUT2D eigenvalue weighted by Crippen LogP contribution is 2.32. The zero-order valence-corrected chi connectivity index (χ0v) is 10.4. The van der Waals surface area contributed by atoms with Crippen LogP contribution in [0.2, 0.25) is 5.02 Å². The Labute approximate surface area is 109 Å². The van der Waals surface area contributed by atoms with E-state index >= 15 is 0 Å². The van der Waals surface area contributed by atoms with Crippen molar-refractivity contribution in [3.63, 3.8) is 0 Å². The normalized spacial score (nSPS) is 19.8. The molecule has 0 saturated carbocycles. The number of benzene rings is 1. The monoisotopic (exact) mass is 278 g/mol. The molecule has 1 heterocycles. The van der Waals surface area contributed by atoms with E-state index in [-0.39, 0.29) is 6.42 Å². The average Bonchev–Trinajstić information content (AvgIpc) is 2.32. The van der Waals surface area contributed by atoms with Crippen molar-refractivity contribution in [2.45, 2.75) is 24.7 Å². The van der Waals surface area contributed by atoms with Gasteiger partial charge in [-0.05, 0) is 37.2 Å². The predicted octanol–water partition coefficient (Wildman–Crippen LogP) is 2.72. The van der Waals surface area contributed by atoms with Gasteiger partial charge in [-0.3, -0.25) is 10.6 Å². The summed E-state index contributed by atoms with van der Waals surface area (Å²) in [5, 5.41) is 5.65. The van der Waals surface area contributed by atoms with E-state index in [0.29, 0.717) is 30.1 Å². The molecule has 0 atom stereocenters. The molecule has 0 radical (unpaired) electrons. The fourth-order valence-electron chi connectivity index (χ4n) is 2.09. The SMILES string of the molecule is FC(F)(F)C1(Cc2ccc(Cl)cc2)NCCCN1. The fourth-order valence-corrected chi connectivity index (χ4v) is 2.21. The van der Waals surface area contributed by atoms with E-state index in [1.54, 1.807) is 24.3 Å². The van der Waals surface area contributed by atoms with Gasteiger partial charge in [-0.25, -0.2) is 0 Å². The van der Waals surface area contributed by atoms with Crippen molar-refractivity contribution in [1.29, 1.82) is 0 Å². The predicted molar refractivity (Wildman–Crippen MR) is 64.6 cm³/mol. The number of nitrogens with one attached hydrogen (secondary N) is 2. The van der Waals surface area contributed by atoms with E-state index in [1.807, 2.05) is 0 Å². The standard InChI is InChI=1S/C12H14ClF3N2/c13-10-4-2-9(3-5-10)8-11(12(14,15)16)17-6-1-7-18-11/h2-5,17-18H,1,6-8H2. The summed E-state index contributed by atoms with van der Waals surface area (Å²) in [5.74, 6) is 0. The second-order valence-electron chi connectivity index (χ2n) is 4.41. The van der Waals surface area contributed by atoms with Crippen molar-refractivity contribution in [3.8, 4) is 0 Å². The quantitative estimate of drug-likeness (QED) is 0.869. The maximum Gasteiger partial charge on any atom is 0.420 e. The van der Waals surface area contributed by atoms with Gasteiger partial charge in [-0.15, -0.1) is 0 Å². The first-order chi connectivity index (χ1) is 8.43. The number of rotatable bonds is 2. The molecule has 1 aromatic carbocycles. The zero-order chi connectivity index (χ0) is 13.2. The Kier molecular flexibility index (Phi) is 3.84. The summed E-state index contributed by atoms with van der Waals surface area (Å²) in [6, 6.07) is 6.44. The Morgan fingerprint density at radius 2 is 1.67 bits per heavy atom. The smallest absolute Gasteiger partial charge is 0.291 e. The molecule has 2 rings (SSSR count). The van der Waals surface area contributed by atoms with Gasteiger partial charge in [0.05, 0.1) is 0 Å². The van der Waals surface area contributed by atoms with Gasteiger partial charge >= 0.3 is 6.18 Å². The highest BCUT2D eigenvalue weighted by molar-refractivity contribution is 6.30. The molecule has 1 aliphatic heterocycles. The van der Waals surface area contributed by atoms with Gasteiger partial charge < -0.3 is 0 Å². The molecule has 0 unspecified atom stereocenters.